The summed E-state index contributed by atoms with van der Waals surface area (Å²) in [5.74, 6) is 0. The van der Waals surface area contributed by atoms with Gasteiger partial charge in [0.05, 0.1) is 21.9 Å². The van der Waals surface area contributed by atoms with Gasteiger partial charge < -0.3 is 4.42 Å². The molecule has 0 amide bonds. The molecule has 0 aliphatic heterocycles. The molecule has 4 rings (SSSR count). The van der Waals surface area contributed by atoms with Crippen molar-refractivity contribution in [2.24, 2.45) is 0 Å². The van der Waals surface area contributed by atoms with Crippen LogP contribution in [0.3, 0.4) is 0 Å². The maximum absolute atomic E-state index is 12.4. The fourth-order valence-corrected chi connectivity index (χ4v) is 3.96. The molecule has 0 N–H and O–H groups in total. The molecule has 0 bridgehead atoms. The molecular weight excluding hydrogens is 417 g/mol. The lowest BCUT2D eigenvalue weighted by Gasteiger charge is -2.02. The molecule has 1 aromatic carbocycles. The number of fused-ring (bicyclic) bond motifs is 1. The monoisotopic (exact) mass is 425 g/mol. The number of hydrogen-bond acceptors (Lipinski definition) is 6. The van der Waals surface area contributed by atoms with Crippen LogP contribution in [0.4, 0.5) is 0 Å². The summed E-state index contributed by atoms with van der Waals surface area (Å²) in [4.78, 5) is 20.9. The number of thiazole rings is 1. The third-order valence-electron chi connectivity index (χ3n) is 3.88. The largest absolute Gasteiger partial charge is 0.421 e. The van der Waals surface area contributed by atoms with Crippen molar-refractivity contribution in [3.05, 3.63) is 79.1 Å². The Labute approximate surface area is 173 Å². The van der Waals surface area contributed by atoms with Gasteiger partial charge in [0.25, 0.3) is 0 Å². The molecule has 0 aliphatic rings. The standard InChI is InChI=1S/C20H9Cl2N3O2S/c21-14-5-12-6-15(20(26)27-18(12)16(22)7-14)17-10-28-19(25-17)13(8-23)4-11-2-1-3-24-9-11/h1-7,9-10H/b13-4-. The highest BCUT2D eigenvalue weighted by atomic mass is 35.5. The van der Waals surface area contributed by atoms with Crippen molar-refractivity contribution in [3.63, 3.8) is 0 Å². The number of allylic oxidation sites excluding steroid dienone is 1. The molecule has 8 heteroatoms. The van der Waals surface area contributed by atoms with Gasteiger partial charge in [-0.15, -0.1) is 11.3 Å². The quantitative estimate of drug-likeness (QED) is 0.311. The lowest BCUT2D eigenvalue weighted by molar-refractivity contribution is 0.563. The predicted octanol–water partition coefficient (Wildman–Crippen LogP) is 5.68. The van der Waals surface area contributed by atoms with Crippen molar-refractivity contribution in [1.82, 2.24) is 9.97 Å². The Morgan fingerprint density at radius 2 is 2.14 bits per heavy atom. The average Bonchev–Trinajstić information content (AvgIpc) is 3.17. The Balaban J connectivity index is 1.79. The zero-order chi connectivity index (χ0) is 19.7. The molecule has 0 radical (unpaired) electrons. The number of halogens is 2. The molecule has 0 unspecified atom stereocenters. The molecule has 0 fully saturated rings. The van der Waals surface area contributed by atoms with E-state index < -0.39 is 5.63 Å². The van der Waals surface area contributed by atoms with E-state index in [0.717, 1.165) is 5.56 Å². The van der Waals surface area contributed by atoms with Gasteiger partial charge in [-0.25, -0.2) is 9.78 Å². The third kappa shape index (κ3) is 3.56. The Morgan fingerprint density at radius 3 is 2.89 bits per heavy atom. The molecule has 0 atom stereocenters. The van der Waals surface area contributed by atoms with Gasteiger partial charge in [0.1, 0.15) is 11.1 Å². The molecule has 3 aromatic heterocycles. The van der Waals surface area contributed by atoms with Crippen LogP contribution in [-0.2, 0) is 0 Å². The normalized spacial score (nSPS) is 11.5. The number of benzene rings is 1. The zero-order valence-corrected chi connectivity index (χ0v) is 16.3. The summed E-state index contributed by atoms with van der Waals surface area (Å²) < 4.78 is 5.36. The number of nitriles is 1. The number of nitrogens with zero attached hydrogens (tertiary/aromatic N) is 3. The van der Waals surface area contributed by atoms with E-state index in [1.807, 2.05) is 6.07 Å². The summed E-state index contributed by atoms with van der Waals surface area (Å²) in [6, 6.07) is 10.6. The van der Waals surface area contributed by atoms with Crippen LogP contribution < -0.4 is 5.63 Å². The van der Waals surface area contributed by atoms with Crippen LogP contribution in [0, 0.1) is 11.3 Å². The fourth-order valence-electron chi connectivity index (χ4n) is 2.63. The minimum atomic E-state index is -0.566. The number of pyridine rings is 1. The molecule has 0 spiro atoms. The van der Waals surface area contributed by atoms with Crippen molar-refractivity contribution in [3.8, 4) is 17.3 Å². The second-order valence-corrected chi connectivity index (χ2v) is 7.45. The summed E-state index contributed by atoms with van der Waals surface area (Å²) in [5, 5.41) is 13.0. The lowest BCUT2D eigenvalue weighted by Crippen LogP contribution is -2.03. The summed E-state index contributed by atoms with van der Waals surface area (Å²) >= 11 is 13.4. The Bertz CT molecular complexity index is 1320. The van der Waals surface area contributed by atoms with E-state index in [1.54, 1.807) is 42.0 Å². The van der Waals surface area contributed by atoms with E-state index in [2.05, 4.69) is 16.0 Å². The predicted molar refractivity (Wildman–Crippen MR) is 111 cm³/mol. The molecule has 136 valence electrons. The SMILES string of the molecule is N#C/C(=C/c1cccnc1)c1nc(-c2cc3cc(Cl)cc(Cl)c3oc2=O)cs1. The van der Waals surface area contributed by atoms with Gasteiger partial charge in [0.15, 0.2) is 5.58 Å². The van der Waals surface area contributed by atoms with Gasteiger partial charge in [-0.05, 0) is 35.9 Å². The van der Waals surface area contributed by atoms with Crippen molar-refractivity contribution in [2.45, 2.75) is 0 Å². The first-order valence-corrected chi connectivity index (χ1v) is 9.60. The van der Waals surface area contributed by atoms with Crippen LogP contribution in [0.25, 0.3) is 33.9 Å². The molecule has 3 heterocycles. The highest BCUT2D eigenvalue weighted by Gasteiger charge is 2.15. The summed E-state index contributed by atoms with van der Waals surface area (Å²) in [7, 11) is 0. The van der Waals surface area contributed by atoms with Crippen LogP contribution in [-0.4, -0.2) is 9.97 Å². The van der Waals surface area contributed by atoms with Gasteiger partial charge in [-0.2, -0.15) is 5.26 Å². The highest BCUT2D eigenvalue weighted by molar-refractivity contribution is 7.11. The minimum Gasteiger partial charge on any atom is -0.421 e. The van der Waals surface area contributed by atoms with Crippen molar-refractivity contribution >= 4 is 57.2 Å². The summed E-state index contributed by atoms with van der Waals surface area (Å²) in [6.45, 7) is 0. The molecule has 0 aliphatic carbocycles. The van der Waals surface area contributed by atoms with Gasteiger partial charge in [-0.3, -0.25) is 4.98 Å². The molecule has 4 aromatic rings. The molecule has 0 saturated heterocycles. The first-order valence-electron chi connectivity index (χ1n) is 7.96. The Kier molecular flexibility index (Phi) is 4.97. The average molecular weight is 426 g/mol. The maximum atomic E-state index is 12.4. The number of rotatable bonds is 3. The molecule has 5 nitrogen and oxygen atoms in total. The smallest absolute Gasteiger partial charge is 0.345 e. The highest BCUT2D eigenvalue weighted by Crippen LogP contribution is 2.31. The van der Waals surface area contributed by atoms with Crippen LogP contribution >= 0.6 is 34.5 Å². The minimum absolute atomic E-state index is 0.260. The van der Waals surface area contributed by atoms with Gasteiger partial charge in [-0.1, -0.05) is 29.3 Å². The second-order valence-electron chi connectivity index (χ2n) is 5.75. The second kappa shape index (κ2) is 7.56. The Morgan fingerprint density at radius 1 is 1.29 bits per heavy atom. The number of hydrogen-bond donors (Lipinski definition) is 0. The summed E-state index contributed by atoms with van der Waals surface area (Å²) in [6.07, 6.45) is 5.00. The number of aromatic nitrogens is 2. The van der Waals surface area contributed by atoms with Crippen LogP contribution in [0.15, 0.2) is 57.3 Å². The van der Waals surface area contributed by atoms with Crippen LogP contribution in [0.1, 0.15) is 10.6 Å². The van der Waals surface area contributed by atoms with Crippen molar-refractivity contribution < 1.29 is 4.42 Å². The molecular formula is C20H9Cl2N3O2S. The van der Waals surface area contributed by atoms with E-state index in [1.165, 1.54) is 17.4 Å². The first-order chi connectivity index (χ1) is 13.5. The summed E-state index contributed by atoms with van der Waals surface area (Å²) in [5.41, 5.74) is 1.55. The van der Waals surface area contributed by atoms with E-state index in [0.29, 0.717) is 26.7 Å². The molecule has 0 saturated carbocycles. The maximum Gasteiger partial charge on any atom is 0.345 e. The van der Waals surface area contributed by atoms with Gasteiger partial charge >= 0.3 is 5.63 Å². The van der Waals surface area contributed by atoms with Crippen molar-refractivity contribution in [1.29, 1.82) is 5.26 Å². The van der Waals surface area contributed by atoms with E-state index in [4.69, 9.17) is 27.6 Å². The fraction of sp³-hybridized carbons (Fsp3) is 0. The van der Waals surface area contributed by atoms with E-state index >= 15 is 0 Å². The third-order valence-corrected chi connectivity index (χ3v) is 5.25. The van der Waals surface area contributed by atoms with Crippen LogP contribution in [0.5, 0.6) is 0 Å². The Hall–Kier alpha value is -2.98. The van der Waals surface area contributed by atoms with Crippen LogP contribution in [0.2, 0.25) is 10.0 Å². The van der Waals surface area contributed by atoms with Gasteiger partial charge in [0.2, 0.25) is 0 Å². The van der Waals surface area contributed by atoms with E-state index in [-0.39, 0.29) is 16.2 Å². The zero-order valence-electron chi connectivity index (χ0n) is 14.0. The lowest BCUT2D eigenvalue weighted by atomic mass is 10.1. The first kappa shape index (κ1) is 18.4. The topological polar surface area (TPSA) is 79.8 Å². The van der Waals surface area contributed by atoms with Crippen molar-refractivity contribution in [2.75, 3.05) is 0 Å². The van der Waals surface area contributed by atoms with Gasteiger partial charge in [0, 0.05) is 28.2 Å². The molecule has 28 heavy (non-hydrogen) atoms. The van der Waals surface area contributed by atoms with E-state index in [9.17, 15) is 10.1 Å².